The summed E-state index contributed by atoms with van der Waals surface area (Å²) in [7, 11) is 0. The fourth-order valence-electron chi connectivity index (χ4n) is 4.36. The lowest BCUT2D eigenvalue weighted by Gasteiger charge is -2.12. The second-order valence-electron chi connectivity index (χ2n) is 6.76. The van der Waals surface area contributed by atoms with Crippen molar-refractivity contribution < 1.29 is 0 Å². The molecule has 0 amide bonds. The summed E-state index contributed by atoms with van der Waals surface area (Å²) in [5.41, 5.74) is 8.67. The lowest BCUT2D eigenvalue weighted by molar-refractivity contribution is 1.19. The molecule has 1 aliphatic heterocycles. The third kappa shape index (κ3) is 1.71. The lowest BCUT2D eigenvalue weighted by atomic mass is 9.94. The van der Waals surface area contributed by atoms with Crippen molar-refractivity contribution in [3.63, 3.8) is 0 Å². The predicted octanol–water partition coefficient (Wildman–Crippen LogP) is 7.08. The molecule has 5 aromatic rings. The number of aromatic nitrogens is 1. The van der Waals surface area contributed by atoms with Gasteiger partial charge in [0.25, 0.3) is 0 Å². The van der Waals surface area contributed by atoms with Gasteiger partial charge in [0.15, 0.2) is 0 Å². The van der Waals surface area contributed by atoms with Crippen LogP contribution in [0.2, 0.25) is 5.02 Å². The van der Waals surface area contributed by atoms with Crippen LogP contribution < -0.4 is 0 Å². The second-order valence-corrected chi connectivity index (χ2v) is 7.20. The first-order valence-electron chi connectivity index (χ1n) is 8.75. The van der Waals surface area contributed by atoms with Crippen LogP contribution in [0.15, 0.2) is 84.9 Å². The van der Waals surface area contributed by atoms with Crippen molar-refractivity contribution in [3.05, 3.63) is 90.0 Å². The molecule has 122 valence electrons. The minimum atomic E-state index is 0.761. The van der Waals surface area contributed by atoms with E-state index in [1.165, 1.54) is 44.2 Å². The molecule has 1 nitrogen and oxygen atoms in total. The summed E-state index contributed by atoms with van der Waals surface area (Å²) in [5, 5.41) is 3.26. The van der Waals surface area contributed by atoms with Gasteiger partial charge in [0.05, 0.1) is 16.7 Å². The summed E-state index contributed by atoms with van der Waals surface area (Å²) in [4.78, 5) is 0. The van der Waals surface area contributed by atoms with Crippen LogP contribution in [-0.2, 0) is 0 Å². The van der Waals surface area contributed by atoms with Crippen molar-refractivity contribution in [2.24, 2.45) is 0 Å². The third-order valence-corrected chi connectivity index (χ3v) is 5.64. The molecule has 0 saturated carbocycles. The summed E-state index contributed by atoms with van der Waals surface area (Å²) < 4.78 is 2.38. The zero-order chi connectivity index (χ0) is 17.3. The zero-order valence-electron chi connectivity index (χ0n) is 13.9. The highest BCUT2D eigenvalue weighted by Crippen LogP contribution is 2.46. The molecule has 0 spiro atoms. The lowest BCUT2D eigenvalue weighted by Crippen LogP contribution is -1.95. The van der Waals surface area contributed by atoms with E-state index in [4.69, 9.17) is 11.6 Å². The van der Waals surface area contributed by atoms with Gasteiger partial charge >= 0.3 is 0 Å². The van der Waals surface area contributed by atoms with Gasteiger partial charge in [0.2, 0.25) is 0 Å². The molecule has 26 heavy (non-hydrogen) atoms. The van der Waals surface area contributed by atoms with Crippen molar-refractivity contribution in [1.29, 1.82) is 0 Å². The highest BCUT2D eigenvalue weighted by Gasteiger charge is 2.23. The Bertz CT molecular complexity index is 1340. The number of benzene rings is 4. The Balaban J connectivity index is 1.97. The van der Waals surface area contributed by atoms with E-state index in [1.807, 2.05) is 6.07 Å². The molecular weight excluding hydrogens is 338 g/mol. The molecule has 0 fully saturated rings. The van der Waals surface area contributed by atoms with Crippen LogP contribution in [0.4, 0.5) is 0 Å². The Morgan fingerprint density at radius 2 is 1.27 bits per heavy atom. The van der Waals surface area contributed by atoms with E-state index in [0.717, 1.165) is 10.5 Å². The van der Waals surface area contributed by atoms with E-state index in [9.17, 15) is 0 Å². The van der Waals surface area contributed by atoms with Crippen LogP contribution in [0.25, 0.3) is 49.7 Å². The van der Waals surface area contributed by atoms with Crippen molar-refractivity contribution in [3.8, 4) is 27.9 Å². The molecule has 0 unspecified atom stereocenters. The van der Waals surface area contributed by atoms with Crippen molar-refractivity contribution >= 4 is 33.4 Å². The molecular formula is C24H14ClN. The number of nitrogens with zero attached hydrogens (tertiary/aromatic N) is 1. The molecule has 0 saturated heterocycles. The van der Waals surface area contributed by atoms with Gasteiger partial charge in [-0.05, 0) is 29.3 Å². The van der Waals surface area contributed by atoms with Crippen molar-refractivity contribution in [2.45, 2.75) is 0 Å². The predicted molar refractivity (Wildman–Crippen MR) is 110 cm³/mol. The normalized spacial score (nSPS) is 12.0. The van der Waals surface area contributed by atoms with E-state index in [2.05, 4.69) is 83.4 Å². The fraction of sp³-hybridized carbons (Fsp3) is 0. The van der Waals surface area contributed by atoms with Gasteiger partial charge in [-0.15, -0.1) is 0 Å². The number of hydrogen-bond donors (Lipinski definition) is 0. The minimum Gasteiger partial charge on any atom is -0.308 e. The first-order chi connectivity index (χ1) is 12.8. The van der Waals surface area contributed by atoms with Crippen LogP contribution in [0.1, 0.15) is 0 Å². The number of hydrogen-bond acceptors (Lipinski definition) is 0. The Hall–Kier alpha value is -3.03. The van der Waals surface area contributed by atoms with Gasteiger partial charge in [-0.3, -0.25) is 0 Å². The summed E-state index contributed by atoms with van der Waals surface area (Å²) in [6.07, 6.45) is 0. The molecule has 6 rings (SSSR count). The van der Waals surface area contributed by atoms with Gasteiger partial charge in [-0.1, -0.05) is 78.3 Å². The highest BCUT2D eigenvalue weighted by atomic mass is 35.5. The van der Waals surface area contributed by atoms with Crippen molar-refractivity contribution in [1.82, 2.24) is 4.57 Å². The molecule has 2 heterocycles. The molecule has 4 aromatic carbocycles. The van der Waals surface area contributed by atoms with E-state index in [-0.39, 0.29) is 0 Å². The van der Waals surface area contributed by atoms with Gasteiger partial charge in [0, 0.05) is 26.9 Å². The largest absolute Gasteiger partial charge is 0.308 e. The molecule has 0 atom stereocenters. The molecule has 1 aliphatic rings. The zero-order valence-corrected chi connectivity index (χ0v) is 14.7. The van der Waals surface area contributed by atoms with E-state index in [0.29, 0.717) is 0 Å². The molecule has 0 radical (unpaired) electrons. The second kappa shape index (κ2) is 5.00. The topological polar surface area (TPSA) is 4.93 Å². The van der Waals surface area contributed by atoms with Gasteiger partial charge < -0.3 is 4.57 Å². The van der Waals surface area contributed by atoms with Crippen LogP contribution in [0.5, 0.6) is 0 Å². The maximum atomic E-state index is 6.38. The Morgan fingerprint density at radius 3 is 2.12 bits per heavy atom. The van der Waals surface area contributed by atoms with Gasteiger partial charge in [-0.25, -0.2) is 0 Å². The summed E-state index contributed by atoms with van der Waals surface area (Å²) in [5.74, 6) is 0. The standard InChI is InChI=1S/C24H14ClN/c25-15-12-13-19-21-10-5-9-20-17-7-2-1-6-16(17)18-8-3-4-11-22(18)26(24(20)21)23(19)14-15/h1-14H. The monoisotopic (exact) mass is 351 g/mol. The first kappa shape index (κ1) is 14.2. The first-order valence-corrected chi connectivity index (χ1v) is 9.12. The van der Waals surface area contributed by atoms with E-state index in [1.54, 1.807) is 0 Å². The molecule has 1 aromatic heterocycles. The van der Waals surface area contributed by atoms with Crippen LogP contribution in [-0.4, -0.2) is 4.57 Å². The van der Waals surface area contributed by atoms with Gasteiger partial charge in [0.1, 0.15) is 0 Å². The summed E-state index contributed by atoms with van der Waals surface area (Å²) >= 11 is 6.38. The van der Waals surface area contributed by atoms with Gasteiger partial charge in [-0.2, -0.15) is 0 Å². The molecule has 0 aliphatic carbocycles. The quantitative estimate of drug-likeness (QED) is 0.275. The Labute approximate surface area is 156 Å². The number of rotatable bonds is 0. The number of halogens is 1. The third-order valence-electron chi connectivity index (χ3n) is 5.40. The summed E-state index contributed by atoms with van der Waals surface area (Å²) in [6.45, 7) is 0. The van der Waals surface area contributed by atoms with Crippen molar-refractivity contribution in [2.75, 3.05) is 0 Å². The summed E-state index contributed by atoms with van der Waals surface area (Å²) in [6, 6.07) is 30.1. The average molecular weight is 352 g/mol. The highest BCUT2D eigenvalue weighted by molar-refractivity contribution is 6.32. The van der Waals surface area contributed by atoms with Crippen LogP contribution >= 0.6 is 11.6 Å². The Kier molecular flexibility index (Phi) is 2.72. The SMILES string of the molecule is Clc1ccc2c3cccc4c3n(c2c1)-c1ccccc1-c1ccccc1-4. The Morgan fingerprint density at radius 1 is 0.577 bits per heavy atom. The smallest absolute Gasteiger partial charge is 0.0619 e. The van der Waals surface area contributed by atoms with Crippen LogP contribution in [0.3, 0.4) is 0 Å². The average Bonchev–Trinajstić information content (AvgIpc) is 2.94. The molecule has 2 heteroatoms. The molecule has 0 N–H and O–H groups in total. The van der Waals surface area contributed by atoms with E-state index < -0.39 is 0 Å². The maximum absolute atomic E-state index is 6.38. The molecule has 0 bridgehead atoms. The van der Waals surface area contributed by atoms with E-state index >= 15 is 0 Å². The number of para-hydroxylation sites is 2. The minimum absolute atomic E-state index is 0.761. The fourth-order valence-corrected chi connectivity index (χ4v) is 4.52. The van der Waals surface area contributed by atoms with Crippen LogP contribution in [0, 0.1) is 0 Å². The number of fused-ring (bicyclic) bond motifs is 8. The maximum Gasteiger partial charge on any atom is 0.0619 e.